The summed E-state index contributed by atoms with van der Waals surface area (Å²) in [6.45, 7) is 4.42. The number of nitrogens with zero attached hydrogens (tertiary/aromatic N) is 1. The van der Waals surface area contributed by atoms with Crippen LogP contribution in [-0.4, -0.2) is 36.7 Å². The van der Waals surface area contributed by atoms with E-state index in [1.54, 1.807) is 6.07 Å². The van der Waals surface area contributed by atoms with Gasteiger partial charge in [0.15, 0.2) is 0 Å². The second-order valence-electron chi connectivity index (χ2n) is 6.73. The van der Waals surface area contributed by atoms with Crippen molar-refractivity contribution >= 4 is 0 Å². The molecular weight excluding hydrogens is 343 g/mol. The molecule has 0 spiro atoms. The van der Waals surface area contributed by atoms with Crippen molar-refractivity contribution in [1.82, 2.24) is 4.90 Å². The van der Waals surface area contributed by atoms with Gasteiger partial charge in [0.2, 0.25) is 0 Å². The lowest BCUT2D eigenvalue weighted by molar-refractivity contribution is -0.139. The van der Waals surface area contributed by atoms with Gasteiger partial charge in [0.25, 0.3) is 0 Å². The van der Waals surface area contributed by atoms with Crippen LogP contribution in [0.3, 0.4) is 0 Å². The highest BCUT2D eigenvalue weighted by Crippen LogP contribution is 2.38. The van der Waals surface area contributed by atoms with Crippen molar-refractivity contribution in [3.05, 3.63) is 60.2 Å². The third-order valence-corrected chi connectivity index (χ3v) is 4.48. The van der Waals surface area contributed by atoms with Gasteiger partial charge in [-0.2, -0.15) is 13.2 Å². The Hall–Kier alpha value is -2.21. The van der Waals surface area contributed by atoms with Gasteiger partial charge in [-0.25, -0.2) is 0 Å². The van der Waals surface area contributed by atoms with Gasteiger partial charge in [0.05, 0.1) is 5.56 Å². The lowest BCUT2D eigenvalue weighted by Crippen LogP contribution is -2.37. The van der Waals surface area contributed by atoms with Gasteiger partial charge in [-0.05, 0) is 31.2 Å². The van der Waals surface area contributed by atoms with Crippen LogP contribution in [0.25, 0.3) is 0 Å². The van der Waals surface area contributed by atoms with Crippen LogP contribution in [0.2, 0.25) is 0 Å². The number of rotatable bonds is 6. The van der Waals surface area contributed by atoms with Crippen LogP contribution in [-0.2, 0) is 6.18 Å². The smallest absolute Gasteiger partial charge is 0.419 e. The molecule has 3 nitrogen and oxygen atoms in total. The summed E-state index contributed by atoms with van der Waals surface area (Å²) in [6.07, 6.45) is -3.75. The molecule has 1 heterocycles. The molecule has 1 fully saturated rings. The zero-order valence-corrected chi connectivity index (χ0v) is 14.6. The maximum Gasteiger partial charge on any atom is 0.419 e. The lowest BCUT2D eigenvalue weighted by atomic mass is 10.1. The first-order valence-electron chi connectivity index (χ1n) is 8.61. The van der Waals surface area contributed by atoms with Crippen LogP contribution in [0.1, 0.15) is 18.9 Å². The molecule has 1 aliphatic rings. The fourth-order valence-electron chi connectivity index (χ4n) is 3.16. The summed E-state index contributed by atoms with van der Waals surface area (Å²) in [4.78, 5) is 2.15. The molecule has 0 saturated carbocycles. The predicted octanol–water partition coefficient (Wildman–Crippen LogP) is 4.63. The molecule has 2 aromatic carbocycles. The van der Waals surface area contributed by atoms with Gasteiger partial charge >= 0.3 is 6.18 Å². The molecule has 6 heteroatoms. The highest BCUT2D eigenvalue weighted by molar-refractivity contribution is 5.36. The summed E-state index contributed by atoms with van der Waals surface area (Å²) in [5.41, 5.74) is -1.37. The Labute approximate surface area is 151 Å². The molecule has 140 valence electrons. The molecule has 1 unspecified atom stereocenters. The lowest BCUT2D eigenvalue weighted by Gasteiger charge is -2.28. The first kappa shape index (κ1) is 18.6. The molecule has 0 amide bonds. The topological polar surface area (TPSA) is 21.7 Å². The van der Waals surface area contributed by atoms with Gasteiger partial charge < -0.3 is 9.47 Å². The van der Waals surface area contributed by atoms with Gasteiger partial charge in [0, 0.05) is 26.1 Å². The minimum Gasteiger partial charge on any atom is -0.492 e. The van der Waals surface area contributed by atoms with Crippen LogP contribution in [0, 0.1) is 0 Å². The third-order valence-electron chi connectivity index (χ3n) is 4.48. The fraction of sp³-hybridized carbons (Fsp3) is 0.400. The normalized spacial score (nSPS) is 20.9. The number of alkyl halides is 3. The Morgan fingerprint density at radius 1 is 1.04 bits per heavy atom. The van der Waals surface area contributed by atoms with E-state index in [1.807, 2.05) is 37.3 Å². The largest absolute Gasteiger partial charge is 0.492 e. The van der Waals surface area contributed by atoms with E-state index in [9.17, 15) is 13.2 Å². The molecule has 0 N–H and O–H groups in total. The first-order chi connectivity index (χ1) is 12.4. The minimum atomic E-state index is -4.42. The van der Waals surface area contributed by atoms with Crippen molar-refractivity contribution in [2.45, 2.75) is 25.1 Å². The van der Waals surface area contributed by atoms with E-state index in [4.69, 9.17) is 9.47 Å². The second-order valence-corrected chi connectivity index (χ2v) is 6.73. The molecule has 0 aromatic heterocycles. The molecule has 1 saturated heterocycles. The molecular formula is C20H22F3NO2. The monoisotopic (exact) mass is 365 g/mol. The van der Waals surface area contributed by atoms with Crippen LogP contribution < -0.4 is 9.47 Å². The number of halogens is 3. The minimum absolute atomic E-state index is 0.107. The van der Waals surface area contributed by atoms with Crippen molar-refractivity contribution in [3.8, 4) is 11.5 Å². The molecule has 2 aromatic rings. The van der Waals surface area contributed by atoms with Crippen molar-refractivity contribution in [2.75, 3.05) is 26.2 Å². The average Bonchev–Trinajstić information content (AvgIpc) is 2.96. The zero-order chi connectivity index (χ0) is 18.6. The average molecular weight is 365 g/mol. The molecule has 3 rings (SSSR count). The highest BCUT2D eigenvalue weighted by atomic mass is 19.4. The highest BCUT2D eigenvalue weighted by Gasteiger charge is 2.39. The van der Waals surface area contributed by atoms with E-state index >= 15 is 0 Å². The van der Waals surface area contributed by atoms with Gasteiger partial charge in [0.1, 0.15) is 23.7 Å². The van der Waals surface area contributed by atoms with Crippen molar-refractivity contribution in [1.29, 1.82) is 0 Å². The molecule has 0 bridgehead atoms. The molecule has 0 aliphatic carbocycles. The van der Waals surface area contributed by atoms with Crippen molar-refractivity contribution < 1.29 is 22.6 Å². The maximum atomic E-state index is 13.1. The van der Waals surface area contributed by atoms with E-state index in [0.717, 1.165) is 18.4 Å². The summed E-state index contributed by atoms with van der Waals surface area (Å²) in [5, 5.41) is 0. The summed E-state index contributed by atoms with van der Waals surface area (Å²) in [7, 11) is 0. The van der Waals surface area contributed by atoms with Crippen LogP contribution in [0.4, 0.5) is 13.2 Å². The predicted molar refractivity (Wildman–Crippen MR) is 93.5 cm³/mol. The Morgan fingerprint density at radius 3 is 2.46 bits per heavy atom. The Balaban J connectivity index is 1.56. The molecule has 26 heavy (non-hydrogen) atoms. The molecule has 1 atom stereocenters. The van der Waals surface area contributed by atoms with Gasteiger partial charge in [-0.15, -0.1) is 0 Å². The standard InChI is InChI=1S/C20H22F3NO2/c1-19(26-18-10-6-5-9-17(18)20(21,22)23)11-12-24(15-19)13-14-25-16-7-3-2-4-8-16/h2-10H,11-15H2,1H3. The van der Waals surface area contributed by atoms with Gasteiger partial charge in [-0.1, -0.05) is 30.3 Å². The first-order valence-corrected chi connectivity index (χ1v) is 8.61. The second kappa shape index (κ2) is 7.58. The third kappa shape index (κ3) is 4.69. The summed E-state index contributed by atoms with van der Waals surface area (Å²) in [6, 6.07) is 14.9. The molecule has 1 aliphatic heterocycles. The van der Waals surface area contributed by atoms with E-state index in [1.165, 1.54) is 12.1 Å². The maximum absolute atomic E-state index is 13.1. The number of para-hydroxylation sites is 2. The van der Waals surface area contributed by atoms with Crippen molar-refractivity contribution in [3.63, 3.8) is 0 Å². The number of likely N-dealkylation sites (tertiary alicyclic amines) is 1. The quantitative estimate of drug-likeness (QED) is 0.745. The van der Waals surface area contributed by atoms with E-state index in [-0.39, 0.29) is 5.75 Å². The van der Waals surface area contributed by atoms with E-state index in [0.29, 0.717) is 26.1 Å². The van der Waals surface area contributed by atoms with Crippen molar-refractivity contribution in [2.24, 2.45) is 0 Å². The van der Waals surface area contributed by atoms with Crippen LogP contribution in [0.15, 0.2) is 54.6 Å². The van der Waals surface area contributed by atoms with E-state index in [2.05, 4.69) is 4.90 Å². The Bertz CT molecular complexity index is 720. The summed E-state index contributed by atoms with van der Waals surface area (Å²) < 4.78 is 50.9. The van der Waals surface area contributed by atoms with Gasteiger partial charge in [-0.3, -0.25) is 4.90 Å². The van der Waals surface area contributed by atoms with Crippen LogP contribution in [0.5, 0.6) is 11.5 Å². The number of ether oxygens (including phenoxy) is 2. The zero-order valence-electron chi connectivity index (χ0n) is 14.6. The van der Waals surface area contributed by atoms with Crippen LogP contribution >= 0.6 is 0 Å². The number of benzene rings is 2. The number of hydrogen-bond donors (Lipinski definition) is 0. The fourth-order valence-corrected chi connectivity index (χ4v) is 3.16. The Kier molecular flexibility index (Phi) is 5.41. The van der Waals surface area contributed by atoms with E-state index < -0.39 is 17.3 Å². The SMILES string of the molecule is CC1(Oc2ccccc2C(F)(F)F)CCN(CCOc2ccccc2)C1. The summed E-state index contributed by atoms with van der Waals surface area (Å²) in [5.74, 6) is 0.703. The summed E-state index contributed by atoms with van der Waals surface area (Å²) >= 11 is 0. The molecule has 0 radical (unpaired) electrons. The Morgan fingerprint density at radius 2 is 1.73 bits per heavy atom. The number of hydrogen-bond acceptors (Lipinski definition) is 3.